The second-order valence-electron chi connectivity index (χ2n) is 4.98. The summed E-state index contributed by atoms with van der Waals surface area (Å²) in [5.74, 6) is 0.244. The quantitative estimate of drug-likeness (QED) is 0.456. The molecule has 1 unspecified atom stereocenters. The minimum absolute atomic E-state index is 0.244. The number of rotatable bonds is 2. The Kier molecular flexibility index (Phi) is 4.07. The third-order valence-electron chi connectivity index (χ3n) is 3.55. The maximum absolute atomic E-state index is 9.98. The molecule has 2 N–H and O–H groups in total. The Hall–Kier alpha value is 0.520. The third-order valence-corrected chi connectivity index (χ3v) is 5.16. The molecule has 0 aromatic rings. The molecule has 1 aliphatic heterocycles. The smallest absolute Gasteiger partial charge is 0.239 e. The molecule has 93 valence electrons. The molecule has 5 heteroatoms. The largest absolute Gasteiger partial charge is 0.361 e. The lowest BCUT2D eigenvalue weighted by atomic mass is 9.93. The van der Waals surface area contributed by atoms with Crippen molar-refractivity contribution in [3.05, 3.63) is 5.56 Å². The van der Waals surface area contributed by atoms with Gasteiger partial charge in [0.15, 0.2) is 5.12 Å². The molecular weight excluding hydrogens is 244 g/mol. The van der Waals surface area contributed by atoms with Crippen LogP contribution in [0.25, 0.3) is 0 Å². The van der Waals surface area contributed by atoms with Crippen LogP contribution >= 0.6 is 23.5 Å². The molecule has 0 aromatic heterocycles. The predicted molar refractivity (Wildman–Crippen MR) is 68.0 cm³/mol. The van der Waals surface area contributed by atoms with Gasteiger partial charge in [-0.3, -0.25) is 0 Å². The molecule has 3 nitrogen and oxygen atoms in total. The number of aliphatic hydroxyl groups excluding tert-OH is 1. The van der Waals surface area contributed by atoms with E-state index < -0.39 is 5.12 Å². The molecule has 16 heavy (non-hydrogen) atoms. The van der Waals surface area contributed by atoms with Crippen LogP contribution in [0.2, 0.25) is 0 Å². The van der Waals surface area contributed by atoms with Gasteiger partial charge in [0.25, 0.3) is 0 Å². The SMILES string of the molecule is CC(C)C1(Cl)NS[C](O)N1C1CCCCC1. The molecule has 0 spiro atoms. The van der Waals surface area contributed by atoms with Crippen LogP contribution in [0.1, 0.15) is 46.0 Å². The first kappa shape index (κ1) is 13.0. The maximum atomic E-state index is 9.98. The van der Waals surface area contributed by atoms with Gasteiger partial charge in [0.2, 0.25) is 5.56 Å². The highest BCUT2D eigenvalue weighted by Crippen LogP contribution is 2.46. The van der Waals surface area contributed by atoms with Crippen molar-refractivity contribution in [2.24, 2.45) is 5.92 Å². The van der Waals surface area contributed by atoms with Gasteiger partial charge in [-0.25, -0.2) is 9.62 Å². The van der Waals surface area contributed by atoms with E-state index in [9.17, 15) is 5.11 Å². The zero-order valence-corrected chi connectivity index (χ0v) is 11.4. The Morgan fingerprint density at radius 1 is 1.44 bits per heavy atom. The Morgan fingerprint density at radius 2 is 2.06 bits per heavy atom. The molecule has 2 aliphatic rings. The number of alkyl halides is 1. The lowest BCUT2D eigenvalue weighted by Gasteiger charge is -2.42. The minimum atomic E-state index is -0.628. The summed E-state index contributed by atoms with van der Waals surface area (Å²) in [4.78, 5) is 1.99. The molecule has 1 heterocycles. The van der Waals surface area contributed by atoms with E-state index in [-0.39, 0.29) is 5.92 Å². The van der Waals surface area contributed by atoms with Crippen LogP contribution in [-0.4, -0.2) is 21.2 Å². The van der Waals surface area contributed by atoms with E-state index in [1.54, 1.807) is 0 Å². The summed E-state index contributed by atoms with van der Waals surface area (Å²) >= 11 is 7.86. The lowest BCUT2D eigenvalue weighted by molar-refractivity contribution is 0.0259. The highest BCUT2D eigenvalue weighted by molar-refractivity contribution is 8.00. The van der Waals surface area contributed by atoms with Crippen LogP contribution in [0.4, 0.5) is 0 Å². The van der Waals surface area contributed by atoms with Crippen molar-refractivity contribution >= 4 is 23.5 Å². The first-order valence-electron chi connectivity index (χ1n) is 6.04. The highest BCUT2D eigenvalue weighted by Gasteiger charge is 2.51. The fraction of sp³-hybridized carbons (Fsp3) is 0.909. The van der Waals surface area contributed by atoms with Gasteiger partial charge in [0.05, 0.1) is 0 Å². The van der Waals surface area contributed by atoms with Gasteiger partial charge in [0, 0.05) is 12.0 Å². The van der Waals surface area contributed by atoms with E-state index >= 15 is 0 Å². The fourth-order valence-corrected chi connectivity index (χ4v) is 3.86. The molecule has 1 atom stereocenters. The van der Waals surface area contributed by atoms with Crippen molar-refractivity contribution in [1.82, 2.24) is 9.62 Å². The Morgan fingerprint density at radius 3 is 2.62 bits per heavy atom. The number of hydrogen-bond donors (Lipinski definition) is 2. The number of aliphatic hydroxyl groups is 1. The maximum Gasteiger partial charge on any atom is 0.239 e. The summed E-state index contributed by atoms with van der Waals surface area (Å²) in [5.41, 5.74) is 0.329. The molecule has 1 saturated carbocycles. The molecule has 1 aliphatic carbocycles. The third kappa shape index (κ3) is 2.23. The zero-order chi connectivity index (χ0) is 11.8. The van der Waals surface area contributed by atoms with Gasteiger partial charge in [0.1, 0.15) is 0 Å². The number of nitrogens with zero attached hydrogens (tertiary/aromatic N) is 1. The summed E-state index contributed by atoms with van der Waals surface area (Å²) in [6.45, 7) is 4.16. The predicted octanol–water partition coefficient (Wildman–Crippen LogP) is 3.24. The van der Waals surface area contributed by atoms with Gasteiger partial charge < -0.3 is 5.11 Å². The molecule has 1 saturated heterocycles. The summed E-state index contributed by atoms with van der Waals surface area (Å²) in [6.07, 6.45) is 6.05. The fourth-order valence-electron chi connectivity index (χ4n) is 2.51. The molecule has 0 amide bonds. The van der Waals surface area contributed by atoms with Crippen LogP contribution in [0, 0.1) is 11.5 Å². The lowest BCUT2D eigenvalue weighted by Crippen LogP contribution is -2.55. The van der Waals surface area contributed by atoms with Crippen LogP contribution in [0.15, 0.2) is 0 Å². The molecular formula is C11H20ClN2OS. The molecule has 1 radical (unpaired) electrons. The number of nitrogens with one attached hydrogen (secondary N) is 1. The van der Waals surface area contributed by atoms with Gasteiger partial charge in [-0.05, 0) is 24.8 Å². The Labute approximate surface area is 107 Å². The van der Waals surface area contributed by atoms with E-state index in [2.05, 4.69) is 18.6 Å². The first-order chi connectivity index (χ1) is 7.55. The summed E-state index contributed by atoms with van der Waals surface area (Å²) in [5, 5.41) is 9.36. The van der Waals surface area contributed by atoms with Crippen molar-refractivity contribution in [2.75, 3.05) is 0 Å². The van der Waals surface area contributed by atoms with E-state index in [1.807, 2.05) is 4.90 Å². The summed E-state index contributed by atoms with van der Waals surface area (Å²) in [7, 11) is 0. The van der Waals surface area contributed by atoms with Crippen LogP contribution in [-0.2, 0) is 0 Å². The molecule has 0 bridgehead atoms. The van der Waals surface area contributed by atoms with E-state index in [0.717, 1.165) is 12.8 Å². The Balaban J connectivity index is 2.14. The normalized spacial score (nSPS) is 35.1. The first-order valence-corrected chi connectivity index (χ1v) is 7.23. The van der Waals surface area contributed by atoms with Crippen molar-refractivity contribution < 1.29 is 5.11 Å². The zero-order valence-electron chi connectivity index (χ0n) is 9.87. The van der Waals surface area contributed by atoms with Gasteiger partial charge in [-0.2, -0.15) is 0 Å². The Bertz CT molecular complexity index is 248. The molecule has 0 aromatic carbocycles. The van der Waals surface area contributed by atoms with Crippen LogP contribution in [0.3, 0.4) is 0 Å². The van der Waals surface area contributed by atoms with Gasteiger partial charge in [-0.15, -0.1) is 0 Å². The number of halogens is 1. The topological polar surface area (TPSA) is 35.5 Å². The summed E-state index contributed by atoms with van der Waals surface area (Å²) in [6, 6.07) is 0.385. The standard InChI is InChI=1S/C11H20ClN2OS/c1-8(2)11(12)13-16-10(15)14(11)9-6-4-3-5-7-9/h8-9,13,15H,3-7H2,1-2H3. The summed E-state index contributed by atoms with van der Waals surface area (Å²) < 4.78 is 3.15. The van der Waals surface area contributed by atoms with E-state index in [0.29, 0.717) is 11.6 Å². The van der Waals surface area contributed by atoms with Gasteiger partial charge in [-0.1, -0.05) is 44.7 Å². The van der Waals surface area contributed by atoms with Gasteiger partial charge >= 0.3 is 0 Å². The second kappa shape index (κ2) is 5.02. The average molecular weight is 264 g/mol. The van der Waals surface area contributed by atoms with Crippen molar-refractivity contribution in [2.45, 2.75) is 57.1 Å². The van der Waals surface area contributed by atoms with Crippen molar-refractivity contribution in [1.29, 1.82) is 0 Å². The highest BCUT2D eigenvalue weighted by atomic mass is 35.5. The number of hydrogen-bond acceptors (Lipinski definition) is 4. The molecule has 2 rings (SSSR count). The van der Waals surface area contributed by atoms with Crippen LogP contribution < -0.4 is 4.72 Å². The van der Waals surface area contributed by atoms with Crippen molar-refractivity contribution in [3.63, 3.8) is 0 Å². The van der Waals surface area contributed by atoms with E-state index in [4.69, 9.17) is 11.6 Å². The van der Waals surface area contributed by atoms with Crippen LogP contribution in [0.5, 0.6) is 0 Å². The average Bonchev–Trinajstić information content (AvgIpc) is 2.57. The minimum Gasteiger partial charge on any atom is -0.361 e. The second-order valence-corrected chi connectivity index (χ2v) is 6.33. The van der Waals surface area contributed by atoms with E-state index in [1.165, 1.54) is 31.2 Å². The molecule has 2 fully saturated rings. The monoisotopic (exact) mass is 263 g/mol. The van der Waals surface area contributed by atoms with Crippen molar-refractivity contribution in [3.8, 4) is 0 Å².